The van der Waals surface area contributed by atoms with Crippen molar-refractivity contribution < 1.29 is 14.6 Å². The zero-order valence-electron chi connectivity index (χ0n) is 11.5. The molecule has 2 atom stereocenters. The first kappa shape index (κ1) is 14.3. The highest BCUT2D eigenvalue weighted by Crippen LogP contribution is 2.30. The predicted molar refractivity (Wildman–Crippen MR) is 75.2 cm³/mol. The molecule has 6 heteroatoms. The predicted octanol–water partition coefficient (Wildman–Crippen LogP) is 2.26. The van der Waals surface area contributed by atoms with Crippen molar-refractivity contribution in [3.63, 3.8) is 0 Å². The fourth-order valence-electron chi connectivity index (χ4n) is 2.40. The van der Waals surface area contributed by atoms with Crippen LogP contribution >= 0.6 is 11.3 Å². The van der Waals surface area contributed by atoms with Crippen LogP contribution in [0.3, 0.4) is 0 Å². The summed E-state index contributed by atoms with van der Waals surface area (Å²) in [5, 5.41) is 9.98. The Morgan fingerprint density at radius 3 is 2.89 bits per heavy atom. The van der Waals surface area contributed by atoms with Crippen molar-refractivity contribution in [1.29, 1.82) is 0 Å². The highest BCUT2D eigenvalue weighted by molar-refractivity contribution is 7.17. The van der Waals surface area contributed by atoms with Gasteiger partial charge in [-0.2, -0.15) is 0 Å². The van der Waals surface area contributed by atoms with Crippen LogP contribution in [0.4, 0.5) is 5.13 Å². The Kier molecular flexibility index (Phi) is 4.42. The molecule has 1 aromatic rings. The maximum atomic E-state index is 11.2. The molecule has 0 spiro atoms. The molecule has 1 N–H and O–H groups in total. The monoisotopic (exact) mass is 284 g/mol. The second kappa shape index (κ2) is 5.88. The topological polar surface area (TPSA) is 62.7 Å². The van der Waals surface area contributed by atoms with Gasteiger partial charge in [-0.15, -0.1) is 0 Å². The van der Waals surface area contributed by atoms with Crippen LogP contribution in [0.15, 0.2) is 0 Å². The summed E-state index contributed by atoms with van der Waals surface area (Å²) >= 11 is 1.27. The molecule has 5 nitrogen and oxygen atoms in total. The molecule has 2 unspecified atom stereocenters. The van der Waals surface area contributed by atoms with Gasteiger partial charge in [0.15, 0.2) is 5.13 Å². The first-order valence-corrected chi connectivity index (χ1v) is 7.39. The van der Waals surface area contributed by atoms with E-state index in [0.29, 0.717) is 22.9 Å². The minimum absolute atomic E-state index is 0.191. The zero-order valence-corrected chi connectivity index (χ0v) is 12.4. The van der Waals surface area contributed by atoms with E-state index >= 15 is 0 Å². The minimum Gasteiger partial charge on any atom is -0.477 e. The normalized spacial score (nSPS) is 23.6. The second-order valence-corrected chi connectivity index (χ2v) is 5.89. The lowest BCUT2D eigenvalue weighted by atomic mass is 9.96. The summed E-state index contributed by atoms with van der Waals surface area (Å²) in [5.74, 6) is -0.347. The van der Waals surface area contributed by atoms with E-state index in [1.165, 1.54) is 11.3 Å². The number of anilines is 1. The van der Waals surface area contributed by atoms with E-state index < -0.39 is 5.97 Å². The number of thiazole rings is 1. The number of methoxy groups -OCH3 is 1. The van der Waals surface area contributed by atoms with Gasteiger partial charge in [0.25, 0.3) is 0 Å². The Hall–Kier alpha value is -1.14. The standard InChI is InChI=1S/C13H20N2O3S/c1-4-9-11(12(16)17)19-13(14-9)15-6-5-8(2)10(7-15)18-3/h8,10H,4-7H2,1-3H3,(H,16,17). The van der Waals surface area contributed by atoms with Crippen LogP contribution in [0.2, 0.25) is 0 Å². The van der Waals surface area contributed by atoms with E-state index in [4.69, 9.17) is 4.74 Å². The van der Waals surface area contributed by atoms with E-state index in [1.54, 1.807) is 7.11 Å². The number of aryl methyl sites for hydroxylation is 1. The largest absolute Gasteiger partial charge is 0.477 e. The van der Waals surface area contributed by atoms with Crippen LogP contribution in [-0.2, 0) is 11.2 Å². The Morgan fingerprint density at radius 1 is 1.63 bits per heavy atom. The maximum absolute atomic E-state index is 11.2. The highest BCUT2D eigenvalue weighted by atomic mass is 32.1. The molecule has 1 fully saturated rings. The van der Waals surface area contributed by atoms with Crippen molar-refractivity contribution in [2.45, 2.75) is 32.8 Å². The van der Waals surface area contributed by atoms with Crippen LogP contribution in [0.1, 0.15) is 35.6 Å². The molecule has 106 valence electrons. The number of hydrogen-bond acceptors (Lipinski definition) is 5. The van der Waals surface area contributed by atoms with Gasteiger partial charge in [0.1, 0.15) is 4.88 Å². The fourth-order valence-corrected chi connectivity index (χ4v) is 3.42. The molecule has 0 radical (unpaired) electrons. The summed E-state index contributed by atoms with van der Waals surface area (Å²) in [6.45, 7) is 5.82. The molecule has 0 amide bonds. The number of carboxylic acid groups (broad SMARTS) is 1. The molecule has 2 rings (SSSR count). The van der Waals surface area contributed by atoms with Crippen molar-refractivity contribution in [3.8, 4) is 0 Å². The summed E-state index contributed by atoms with van der Waals surface area (Å²) in [4.78, 5) is 18.2. The van der Waals surface area contributed by atoms with E-state index in [1.807, 2.05) is 6.92 Å². The lowest BCUT2D eigenvalue weighted by Gasteiger charge is -2.36. The molecule has 1 saturated heterocycles. The van der Waals surface area contributed by atoms with Crippen LogP contribution in [-0.4, -0.2) is 42.4 Å². The number of carboxylic acids is 1. The summed E-state index contributed by atoms with van der Waals surface area (Å²) < 4.78 is 5.48. The molecule has 2 heterocycles. The van der Waals surface area contributed by atoms with Crippen molar-refractivity contribution in [1.82, 2.24) is 4.98 Å². The van der Waals surface area contributed by atoms with Gasteiger partial charge in [-0.05, 0) is 18.8 Å². The van der Waals surface area contributed by atoms with Gasteiger partial charge in [0, 0.05) is 20.2 Å². The van der Waals surface area contributed by atoms with E-state index in [9.17, 15) is 9.90 Å². The summed E-state index contributed by atoms with van der Waals surface area (Å²) in [6.07, 6.45) is 1.88. The highest BCUT2D eigenvalue weighted by Gasteiger charge is 2.28. The Labute approximate surface area is 117 Å². The third-order valence-electron chi connectivity index (χ3n) is 3.68. The first-order chi connectivity index (χ1) is 9.06. The van der Waals surface area contributed by atoms with Gasteiger partial charge in [-0.25, -0.2) is 9.78 Å². The molecule has 0 saturated carbocycles. The number of rotatable bonds is 4. The SMILES string of the molecule is CCc1nc(N2CCC(C)C(OC)C2)sc1C(=O)O. The number of piperidine rings is 1. The molecule has 1 aliphatic heterocycles. The maximum Gasteiger partial charge on any atom is 0.347 e. The number of hydrogen-bond donors (Lipinski definition) is 1. The van der Waals surface area contributed by atoms with Gasteiger partial charge >= 0.3 is 5.97 Å². The van der Waals surface area contributed by atoms with Gasteiger partial charge in [0.2, 0.25) is 0 Å². The summed E-state index contributed by atoms with van der Waals surface area (Å²) in [7, 11) is 1.73. The summed E-state index contributed by atoms with van der Waals surface area (Å²) in [6, 6.07) is 0. The molecule has 0 bridgehead atoms. The molecule has 0 aliphatic carbocycles. The molecular formula is C13H20N2O3S. The van der Waals surface area contributed by atoms with Crippen molar-refractivity contribution in [2.75, 3.05) is 25.1 Å². The first-order valence-electron chi connectivity index (χ1n) is 6.57. The molecule has 1 aromatic heterocycles. The third kappa shape index (κ3) is 2.90. The Bertz CT molecular complexity index is 461. The smallest absolute Gasteiger partial charge is 0.347 e. The number of ether oxygens (including phenoxy) is 1. The van der Waals surface area contributed by atoms with Gasteiger partial charge in [0.05, 0.1) is 11.8 Å². The molecule has 0 aromatic carbocycles. The average Bonchev–Trinajstić information content (AvgIpc) is 2.83. The van der Waals surface area contributed by atoms with Crippen LogP contribution < -0.4 is 4.90 Å². The lowest BCUT2D eigenvalue weighted by molar-refractivity contribution is 0.0498. The van der Waals surface area contributed by atoms with Crippen LogP contribution in [0, 0.1) is 5.92 Å². The number of nitrogens with zero attached hydrogens (tertiary/aromatic N) is 2. The van der Waals surface area contributed by atoms with Crippen molar-refractivity contribution >= 4 is 22.4 Å². The lowest BCUT2D eigenvalue weighted by Crippen LogP contribution is -2.43. The molecular weight excluding hydrogens is 264 g/mol. The van der Waals surface area contributed by atoms with E-state index in [2.05, 4.69) is 16.8 Å². The zero-order chi connectivity index (χ0) is 14.0. The Balaban J connectivity index is 2.20. The molecule has 1 aliphatic rings. The van der Waals surface area contributed by atoms with Crippen molar-refractivity contribution in [3.05, 3.63) is 10.6 Å². The fraction of sp³-hybridized carbons (Fsp3) is 0.692. The van der Waals surface area contributed by atoms with Gasteiger partial charge < -0.3 is 14.7 Å². The summed E-state index contributed by atoms with van der Waals surface area (Å²) in [5.41, 5.74) is 0.681. The van der Waals surface area contributed by atoms with Gasteiger partial charge in [-0.1, -0.05) is 25.2 Å². The number of aromatic nitrogens is 1. The van der Waals surface area contributed by atoms with Crippen LogP contribution in [0.5, 0.6) is 0 Å². The quantitative estimate of drug-likeness (QED) is 0.919. The van der Waals surface area contributed by atoms with E-state index in [-0.39, 0.29) is 6.10 Å². The minimum atomic E-state index is -0.880. The number of carbonyl (C=O) groups is 1. The molecule has 19 heavy (non-hydrogen) atoms. The second-order valence-electron chi connectivity index (χ2n) is 4.92. The third-order valence-corrected chi connectivity index (χ3v) is 4.82. The number of aromatic carboxylic acids is 1. The Morgan fingerprint density at radius 2 is 2.37 bits per heavy atom. The average molecular weight is 284 g/mol. The van der Waals surface area contributed by atoms with Gasteiger partial charge in [-0.3, -0.25) is 0 Å². The van der Waals surface area contributed by atoms with E-state index in [0.717, 1.165) is 24.6 Å². The van der Waals surface area contributed by atoms with Crippen molar-refractivity contribution in [2.24, 2.45) is 5.92 Å². The van der Waals surface area contributed by atoms with Crippen LogP contribution in [0.25, 0.3) is 0 Å².